The Labute approximate surface area is 147 Å². The lowest BCUT2D eigenvalue weighted by Gasteiger charge is -2.31. The van der Waals surface area contributed by atoms with Gasteiger partial charge in [0.15, 0.2) is 5.60 Å². The van der Waals surface area contributed by atoms with Gasteiger partial charge in [0.1, 0.15) is 0 Å². The molecular weight excluding hydrogens is 312 g/mol. The molecule has 25 heavy (non-hydrogen) atoms. The van der Waals surface area contributed by atoms with E-state index in [9.17, 15) is 4.79 Å². The molecule has 1 unspecified atom stereocenters. The maximum atomic E-state index is 12.2. The van der Waals surface area contributed by atoms with E-state index in [0.717, 1.165) is 12.0 Å². The van der Waals surface area contributed by atoms with Gasteiger partial charge in [-0.2, -0.15) is 0 Å². The first-order valence-electron chi connectivity index (χ1n) is 8.80. The monoisotopic (exact) mass is 334 g/mol. The van der Waals surface area contributed by atoms with Gasteiger partial charge in [0, 0.05) is 0 Å². The molecule has 0 bridgehead atoms. The van der Waals surface area contributed by atoms with E-state index < -0.39 is 5.60 Å². The average molecular weight is 334 g/mol. The van der Waals surface area contributed by atoms with Crippen LogP contribution >= 0.6 is 0 Å². The summed E-state index contributed by atoms with van der Waals surface area (Å²) in [5, 5.41) is 4.84. The fourth-order valence-corrected chi connectivity index (χ4v) is 3.78. The molecule has 0 aliphatic carbocycles. The molecule has 1 aliphatic rings. The molecule has 1 saturated heterocycles. The van der Waals surface area contributed by atoms with Crippen molar-refractivity contribution in [2.24, 2.45) is 0 Å². The molecule has 0 radical (unpaired) electrons. The molecule has 1 heterocycles. The van der Waals surface area contributed by atoms with E-state index in [-0.39, 0.29) is 5.97 Å². The molecule has 0 amide bonds. The zero-order valence-corrected chi connectivity index (χ0v) is 14.7. The number of carbonyl (C=O) groups excluding carboxylic acids is 1. The van der Waals surface area contributed by atoms with Crippen LogP contribution in [-0.2, 0) is 20.9 Å². The van der Waals surface area contributed by atoms with Crippen LogP contribution in [0.4, 0.5) is 0 Å². The molecule has 1 fully saturated rings. The fourth-order valence-electron chi connectivity index (χ4n) is 3.78. The molecule has 3 aromatic carbocycles. The van der Waals surface area contributed by atoms with Gasteiger partial charge in [0.2, 0.25) is 0 Å². The van der Waals surface area contributed by atoms with Gasteiger partial charge in [0.25, 0.3) is 0 Å². The summed E-state index contributed by atoms with van der Waals surface area (Å²) in [4.78, 5) is 12.2. The van der Waals surface area contributed by atoms with Gasteiger partial charge < -0.3 is 9.47 Å². The molecule has 128 valence electrons. The third-order valence-electron chi connectivity index (χ3n) is 5.31. The largest absolute Gasteiger partial charge is 0.464 e. The fraction of sp³-hybridized carbons (Fsp3) is 0.318. The molecular formula is C22H22O3. The highest BCUT2D eigenvalue weighted by atomic mass is 16.6. The Balaban J connectivity index is 1.82. The van der Waals surface area contributed by atoms with Gasteiger partial charge in [-0.1, -0.05) is 48.5 Å². The topological polar surface area (TPSA) is 35.5 Å². The third kappa shape index (κ3) is 2.69. The van der Waals surface area contributed by atoms with Crippen LogP contribution in [0.15, 0.2) is 48.5 Å². The van der Waals surface area contributed by atoms with Crippen molar-refractivity contribution in [1.82, 2.24) is 0 Å². The number of benzene rings is 3. The Bertz CT molecular complexity index is 903. The van der Waals surface area contributed by atoms with Crippen LogP contribution in [0.3, 0.4) is 0 Å². The third-order valence-corrected chi connectivity index (χ3v) is 5.31. The van der Waals surface area contributed by atoms with Crippen molar-refractivity contribution in [3.63, 3.8) is 0 Å². The van der Waals surface area contributed by atoms with E-state index in [2.05, 4.69) is 55.5 Å². The number of cyclic esters (lactones) is 1. The van der Waals surface area contributed by atoms with Crippen molar-refractivity contribution in [2.45, 2.75) is 38.9 Å². The second-order valence-corrected chi connectivity index (χ2v) is 6.95. The molecule has 4 rings (SSSR count). The minimum Gasteiger partial charge on any atom is -0.464 e. The summed E-state index contributed by atoms with van der Waals surface area (Å²) in [5.74, 6) is -0.250. The van der Waals surface area contributed by atoms with Gasteiger partial charge in [-0.05, 0) is 59.4 Å². The molecule has 3 heteroatoms. The number of aryl methyl sites for hydroxylation is 1. The maximum Gasteiger partial charge on any atom is 0.338 e. The SMILES string of the molecule is Cc1c2ccccc2c(COC2(C)CCCOC2=O)c2ccccc12. The van der Waals surface area contributed by atoms with Crippen molar-refractivity contribution in [3.8, 4) is 0 Å². The lowest BCUT2D eigenvalue weighted by atomic mass is 9.92. The number of ether oxygens (including phenoxy) is 2. The molecule has 3 nitrogen and oxygen atoms in total. The predicted molar refractivity (Wildman–Crippen MR) is 99.6 cm³/mol. The van der Waals surface area contributed by atoms with Gasteiger partial charge in [0.05, 0.1) is 13.2 Å². The highest BCUT2D eigenvalue weighted by molar-refractivity contribution is 6.05. The Morgan fingerprint density at radius 1 is 1.00 bits per heavy atom. The Hall–Kier alpha value is -2.39. The van der Waals surface area contributed by atoms with E-state index >= 15 is 0 Å². The Morgan fingerprint density at radius 3 is 2.12 bits per heavy atom. The Kier molecular flexibility index (Phi) is 3.97. The summed E-state index contributed by atoms with van der Waals surface area (Å²) >= 11 is 0. The van der Waals surface area contributed by atoms with E-state index in [4.69, 9.17) is 9.47 Å². The van der Waals surface area contributed by atoms with E-state index in [0.29, 0.717) is 19.6 Å². The standard InChI is InChI=1S/C22H22O3/c1-15-16-8-3-5-10-18(16)20(19-11-6-4-9-17(15)19)14-25-22(2)12-7-13-24-21(22)23/h3-6,8-11H,7,12-14H2,1-2H3. The summed E-state index contributed by atoms with van der Waals surface area (Å²) < 4.78 is 11.4. The summed E-state index contributed by atoms with van der Waals surface area (Å²) in [5.41, 5.74) is 1.56. The number of fused-ring (bicyclic) bond motifs is 2. The van der Waals surface area contributed by atoms with Crippen molar-refractivity contribution in [2.75, 3.05) is 6.61 Å². The van der Waals surface area contributed by atoms with Crippen molar-refractivity contribution < 1.29 is 14.3 Å². The number of hydrogen-bond acceptors (Lipinski definition) is 3. The quantitative estimate of drug-likeness (QED) is 0.504. The summed E-state index contributed by atoms with van der Waals surface area (Å²) in [6.07, 6.45) is 1.55. The maximum absolute atomic E-state index is 12.2. The predicted octanol–water partition coefficient (Wildman–Crippen LogP) is 4.91. The molecule has 0 spiro atoms. The summed E-state index contributed by atoms with van der Waals surface area (Å²) in [6, 6.07) is 16.8. The van der Waals surface area contributed by atoms with Crippen LogP contribution in [0.5, 0.6) is 0 Å². The smallest absolute Gasteiger partial charge is 0.338 e. The van der Waals surface area contributed by atoms with Crippen LogP contribution in [0, 0.1) is 6.92 Å². The Morgan fingerprint density at radius 2 is 1.56 bits per heavy atom. The highest BCUT2D eigenvalue weighted by Crippen LogP contribution is 2.34. The number of esters is 1. The van der Waals surface area contributed by atoms with Crippen molar-refractivity contribution >= 4 is 27.5 Å². The minimum absolute atomic E-state index is 0.250. The van der Waals surface area contributed by atoms with Gasteiger partial charge >= 0.3 is 5.97 Å². The van der Waals surface area contributed by atoms with Crippen molar-refractivity contribution in [1.29, 1.82) is 0 Å². The zero-order valence-electron chi connectivity index (χ0n) is 14.7. The molecule has 1 atom stereocenters. The second kappa shape index (κ2) is 6.16. The first-order valence-corrected chi connectivity index (χ1v) is 8.80. The summed E-state index contributed by atoms with van der Waals surface area (Å²) in [7, 11) is 0. The molecule has 0 aromatic heterocycles. The first kappa shape index (κ1) is 16.1. The number of hydrogen-bond donors (Lipinski definition) is 0. The van der Waals surface area contributed by atoms with Crippen LogP contribution in [-0.4, -0.2) is 18.2 Å². The van der Waals surface area contributed by atoms with Crippen molar-refractivity contribution in [3.05, 3.63) is 59.7 Å². The average Bonchev–Trinajstić information content (AvgIpc) is 2.64. The highest BCUT2D eigenvalue weighted by Gasteiger charge is 2.38. The van der Waals surface area contributed by atoms with Crippen LogP contribution in [0.2, 0.25) is 0 Å². The molecule has 1 aliphatic heterocycles. The molecule has 3 aromatic rings. The minimum atomic E-state index is -0.856. The summed E-state index contributed by atoms with van der Waals surface area (Å²) in [6.45, 7) is 4.89. The second-order valence-electron chi connectivity index (χ2n) is 6.95. The van der Waals surface area contributed by atoms with Gasteiger partial charge in [-0.15, -0.1) is 0 Å². The first-order chi connectivity index (χ1) is 12.1. The lowest BCUT2D eigenvalue weighted by molar-refractivity contribution is -0.181. The van der Waals surface area contributed by atoms with E-state index in [1.54, 1.807) is 0 Å². The number of rotatable bonds is 3. The van der Waals surface area contributed by atoms with Crippen LogP contribution < -0.4 is 0 Å². The van der Waals surface area contributed by atoms with E-state index in [1.807, 2.05) is 6.92 Å². The normalized spacial score (nSPS) is 20.8. The number of carbonyl (C=O) groups is 1. The van der Waals surface area contributed by atoms with Crippen LogP contribution in [0.25, 0.3) is 21.5 Å². The van der Waals surface area contributed by atoms with Gasteiger partial charge in [-0.3, -0.25) is 0 Å². The zero-order chi connectivity index (χ0) is 17.4. The lowest BCUT2D eigenvalue weighted by Crippen LogP contribution is -2.43. The van der Waals surface area contributed by atoms with Gasteiger partial charge in [-0.25, -0.2) is 4.79 Å². The van der Waals surface area contributed by atoms with E-state index in [1.165, 1.54) is 27.1 Å². The molecule has 0 N–H and O–H groups in total. The molecule has 0 saturated carbocycles. The van der Waals surface area contributed by atoms with Crippen LogP contribution in [0.1, 0.15) is 30.9 Å².